The first-order valence-corrected chi connectivity index (χ1v) is 8.68. The van der Waals surface area contributed by atoms with E-state index < -0.39 is 0 Å². The smallest absolute Gasteiger partial charge is 0.251 e. The number of benzene rings is 2. The summed E-state index contributed by atoms with van der Waals surface area (Å²) in [6, 6.07) is 16.9. The van der Waals surface area contributed by atoms with Crippen molar-refractivity contribution in [3.63, 3.8) is 0 Å². The van der Waals surface area contributed by atoms with Crippen molar-refractivity contribution < 1.29 is 4.79 Å². The zero-order valence-corrected chi connectivity index (χ0v) is 15.1. The first kappa shape index (κ1) is 18.2. The molecule has 3 N–H and O–H groups in total. The Kier molecular flexibility index (Phi) is 5.53. The molecule has 0 atom stereocenters. The van der Waals surface area contributed by atoms with Crippen LogP contribution in [-0.2, 0) is 0 Å². The summed E-state index contributed by atoms with van der Waals surface area (Å²) in [6.07, 6.45) is 2.13. The number of hydrogen-bond acceptors (Lipinski definition) is 5. The highest BCUT2D eigenvalue weighted by atomic mass is 16.1. The van der Waals surface area contributed by atoms with Gasteiger partial charge in [0.2, 0.25) is 0 Å². The zero-order chi connectivity index (χ0) is 19.2. The molecule has 0 unspecified atom stereocenters. The highest BCUT2D eigenvalue weighted by Crippen LogP contribution is 2.20. The second-order valence-electron chi connectivity index (χ2n) is 6.43. The molecule has 1 heterocycles. The van der Waals surface area contributed by atoms with E-state index in [0.29, 0.717) is 24.4 Å². The van der Waals surface area contributed by atoms with Gasteiger partial charge in [0.25, 0.3) is 5.91 Å². The Bertz CT molecular complexity index is 910. The van der Waals surface area contributed by atoms with Crippen LogP contribution in [0.1, 0.15) is 15.9 Å². The summed E-state index contributed by atoms with van der Waals surface area (Å²) in [5.74, 6) is -0.215. The second kappa shape index (κ2) is 8.19. The Hall–Kier alpha value is -3.59. The standard InChI is InChI=1S/C21H21N5O/c1-15-7-9-16(10-8-15)21(27)24-11-19(23)18-12-26(14-22)13-20(18)25-17-5-3-2-4-6-17/h2-10,23,25H,11-13H2,1H3,(H,24,27). The van der Waals surface area contributed by atoms with Gasteiger partial charge in [-0.25, -0.2) is 0 Å². The minimum absolute atomic E-state index is 0.112. The highest BCUT2D eigenvalue weighted by molar-refractivity contribution is 6.04. The summed E-state index contributed by atoms with van der Waals surface area (Å²) >= 11 is 0. The molecule has 0 saturated heterocycles. The number of nitrogens with zero attached hydrogens (tertiary/aromatic N) is 2. The van der Waals surface area contributed by atoms with Gasteiger partial charge in [0.15, 0.2) is 6.19 Å². The predicted molar refractivity (Wildman–Crippen MR) is 106 cm³/mol. The van der Waals surface area contributed by atoms with Crippen LogP contribution >= 0.6 is 0 Å². The van der Waals surface area contributed by atoms with Gasteiger partial charge < -0.3 is 20.9 Å². The fourth-order valence-corrected chi connectivity index (χ4v) is 2.87. The van der Waals surface area contributed by atoms with E-state index in [0.717, 1.165) is 22.5 Å². The number of nitriles is 1. The number of hydrogen-bond donors (Lipinski definition) is 3. The van der Waals surface area contributed by atoms with Crippen LogP contribution < -0.4 is 10.6 Å². The van der Waals surface area contributed by atoms with Crippen LogP contribution in [0.3, 0.4) is 0 Å². The summed E-state index contributed by atoms with van der Waals surface area (Å²) in [5, 5.41) is 23.7. The van der Waals surface area contributed by atoms with E-state index in [1.165, 1.54) is 0 Å². The lowest BCUT2D eigenvalue weighted by atomic mass is 10.1. The molecule has 0 bridgehead atoms. The van der Waals surface area contributed by atoms with Crippen LogP contribution in [0, 0.1) is 23.8 Å². The molecule has 0 radical (unpaired) electrons. The van der Waals surface area contributed by atoms with E-state index in [9.17, 15) is 10.1 Å². The minimum atomic E-state index is -0.215. The molecule has 2 aromatic carbocycles. The van der Waals surface area contributed by atoms with E-state index in [-0.39, 0.29) is 12.5 Å². The summed E-state index contributed by atoms with van der Waals surface area (Å²) in [4.78, 5) is 13.8. The van der Waals surface area contributed by atoms with Gasteiger partial charge >= 0.3 is 0 Å². The lowest BCUT2D eigenvalue weighted by Crippen LogP contribution is -2.31. The average Bonchev–Trinajstić information content (AvgIpc) is 3.10. The molecule has 27 heavy (non-hydrogen) atoms. The van der Waals surface area contributed by atoms with Crippen molar-refractivity contribution in [3.8, 4) is 6.19 Å². The topological polar surface area (TPSA) is 92.0 Å². The molecule has 2 aromatic rings. The Morgan fingerprint density at radius 3 is 2.52 bits per heavy atom. The number of para-hydroxylation sites is 1. The van der Waals surface area contributed by atoms with E-state index >= 15 is 0 Å². The molecular formula is C21H21N5O. The third-order valence-corrected chi connectivity index (χ3v) is 4.38. The maximum absolute atomic E-state index is 12.3. The summed E-state index contributed by atoms with van der Waals surface area (Å²) in [6.45, 7) is 2.87. The van der Waals surface area contributed by atoms with Gasteiger partial charge in [-0.1, -0.05) is 35.9 Å². The maximum Gasteiger partial charge on any atom is 0.251 e. The van der Waals surface area contributed by atoms with Gasteiger partial charge in [-0.2, -0.15) is 5.26 Å². The Morgan fingerprint density at radius 1 is 1.15 bits per heavy atom. The van der Waals surface area contributed by atoms with Gasteiger partial charge in [0.1, 0.15) is 0 Å². The van der Waals surface area contributed by atoms with Gasteiger partial charge in [0.05, 0.1) is 25.3 Å². The number of nitrogens with one attached hydrogen (secondary N) is 3. The van der Waals surface area contributed by atoms with Crippen LogP contribution in [0.4, 0.5) is 5.69 Å². The third kappa shape index (κ3) is 4.53. The van der Waals surface area contributed by atoms with Gasteiger partial charge in [-0.15, -0.1) is 0 Å². The first-order valence-electron chi connectivity index (χ1n) is 8.68. The fourth-order valence-electron chi connectivity index (χ4n) is 2.87. The molecule has 1 amide bonds. The Balaban J connectivity index is 1.68. The van der Waals surface area contributed by atoms with Crippen molar-refractivity contribution in [2.75, 3.05) is 25.0 Å². The largest absolute Gasteiger partial charge is 0.357 e. The Labute approximate surface area is 158 Å². The van der Waals surface area contributed by atoms with E-state index in [2.05, 4.69) is 16.8 Å². The summed E-state index contributed by atoms with van der Waals surface area (Å²) < 4.78 is 0. The van der Waals surface area contributed by atoms with Crippen molar-refractivity contribution in [2.45, 2.75) is 6.92 Å². The molecule has 0 aliphatic carbocycles. The number of anilines is 1. The van der Waals surface area contributed by atoms with E-state index in [1.807, 2.05) is 49.4 Å². The minimum Gasteiger partial charge on any atom is -0.357 e. The van der Waals surface area contributed by atoms with Crippen molar-refractivity contribution in [1.82, 2.24) is 10.2 Å². The third-order valence-electron chi connectivity index (χ3n) is 4.38. The number of carbonyl (C=O) groups excluding carboxylic acids is 1. The normalized spacial score (nSPS) is 13.3. The van der Waals surface area contributed by atoms with Crippen molar-refractivity contribution >= 4 is 17.3 Å². The van der Waals surface area contributed by atoms with Crippen LogP contribution in [-0.4, -0.2) is 36.2 Å². The van der Waals surface area contributed by atoms with Crippen LogP contribution in [0.25, 0.3) is 0 Å². The molecule has 1 aliphatic heterocycles. The van der Waals surface area contributed by atoms with E-state index in [1.54, 1.807) is 17.0 Å². The Morgan fingerprint density at radius 2 is 1.85 bits per heavy atom. The quantitative estimate of drug-likeness (QED) is 0.546. The predicted octanol–water partition coefficient (Wildman–Crippen LogP) is 2.91. The molecule has 3 rings (SSSR count). The molecule has 0 fully saturated rings. The molecule has 0 saturated carbocycles. The summed E-state index contributed by atoms with van der Waals surface area (Å²) in [5.41, 5.74) is 4.41. The van der Waals surface area contributed by atoms with Crippen molar-refractivity contribution in [3.05, 3.63) is 77.0 Å². The van der Waals surface area contributed by atoms with Crippen molar-refractivity contribution in [2.24, 2.45) is 0 Å². The number of carbonyl (C=O) groups is 1. The number of amides is 1. The molecule has 1 aliphatic rings. The molecule has 0 spiro atoms. The first-order chi connectivity index (χ1) is 13.1. The molecule has 136 valence electrons. The fraction of sp³-hybridized carbons (Fsp3) is 0.190. The second-order valence-corrected chi connectivity index (χ2v) is 6.43. The van der Waals surface area contributed by atoms with Crippen LogP contribution in [0.2, 0.25) is 0 Å². The molecular weight excluding hydrogens is 338 g/mol. The average molecular weight is 359 g/mol. The van der Waals surface area contributed by atoms with E-state index in [4.69, 9.17) is 5.41 Å². The molecule has 0 aromatic heterocycles. The summed E-state index contributed by atoms with van der Waals surface area (Å²) in [7, 11) is 0. The molecule has 6 nitrogen and oxygen atoms in total. The monoisotopic (exact) mass is 359 g/mol. The van der Waals surface area contributed by atoms with Gasteiger partial charge in [-0.05, 0) is 31.2 Å². The maximum atomic E-state index is 12.3. The van der Waals surface area contributed by atoms with Crippen LogP contribution in [0.5, 0.6) is 0 Å². The lowest BCUT2D eigenvalue weighted by Gasteiger charge is -2.11. The SMILES string of the molecule is Cc1ccc(C(=O)NCC(=N)C2=C(Nc3ccccc3)CN(C#N)C2)cc1. The highest BCUT2D eigenvalue weighted by Gasteiger charge is 2.24. The molecule has 6 heteroatoms. The zero-order valence-electron chi connectivity index (χ0n) is 15.1. The van der Waals surface area contributed by atoms with Gasteiger partial charge in [-0.3, -0.25) is 4.79 Å². The number of rotatable bonds is 6. The van der Waals surface area contributed by atoms with Crippen LogP contribution in [0.15, 0.2) is 65.9 Å². The number of aryl methyl sites for hydroxylation is 1. The van der Waals surface area contributed by atoms with Crippen molar-refractivity contribution in [1.29, 1.82) is 10.7 Å². The van der Waals surface area contributed by atoms with Gasteiger partial charge in [0, 0.05) is 22.5 Å². The lowest BCUT2D eigenvalue weighted by molar-refractivity contribution is 0.0959.